The number of benzene rings is 1. The maximum Gasteiger partial charge on any atom is 0.255 e. The van der Waals surface area contributed by atoms with Gasteiger partial charge in [-0.25, -0.2) is 9.97 Å². The minimum Gasteiger partial charge on any atom is -0.463 e. The van der Waals surface area contributed by atoms with Crippen molar-refractivity contribution in [1.29, 1.82) is 0 Å². The van der Waals surface area contributed by atoms with Crippen LogP contribution in [0.5, 0.6) is 0 Å². The van der Waals surface area contributed by atoms with Gasteiger partial charge in [0.2, 0.25) is 0 Å². The van der Waals surface area contributed by atoms with Gasteiger partial charge in [0.05, 0.1) is 11.6 Å². The largest absolute Gasteiger partial charge is 0.463 e. The van der Waals surface area contributed by atoms with E-state index >= 15 is 0 Å². The van der Waals surface area contributed by atoms with Gasteiger partial charge in [-0.05, 0) is 52.3 Å². The number of carbonyl (C=O) groups excluding carboxylic acids is 1. The second-order valence-corrected chi connectivity index (χ2v) is 7.83. The van der Waals surface area contributed by atoms with Gasteiger partial charge in [0, 0.05) is 34.3 Å². The number of fused-ring (bicyclic) bond motifs is 1. The first-order chi connectivity index (χ1) is 13.3. The Morgan fingerprint density at radius 2 is 2.07 bits per heavy atom. The van der Waals surface area contributed by atoms with Gasteiger partial charge < -0.3 is 14.6 Å². The highest BCUT2D eigenvalue weighted by Crippen LogP contribution is 2.29. The zero-order chi connectivity index (χ0) is 20.0. The third kappa shape index (κ3) is 3.22. The summed E-state index contributed by atoms with van der Waals surface area (Å²) >= 11 is 6.08. The quantitative estimate of drug-likeness (QED) is 0.715. The number of aryl methyl sites for hydroxylation is 2. The van der Waals surface area contributed by atoms with Crippen LogP contribution >= 0.6 is 11.6 Å². The molecule has 1 saturated heterocycles. The Labute approximate surface area is 168 Å². The van der Waals surface area contributed by atoms with Gasteiger partial charge in [-0.1, -0.05) is 11.6 Å². The van der Waals surface area contributed by atoms with E-state index < -0.39 is 0 Å². The maximum absolute atomic E-state index is 12.9. The van der Waals surface area contributed by atoms with Crippen molar-refractivity contribution >= 4 is 34.3 Å². The van der Waals surface area contributed by atoms with E-state index in [1.807, 2.05) is 20.8 Å². The van der Waals surface area contributed by atoms with Gasteiger partial charge in [0.25, 0.3) is 5.91 Å². The molecular weight excluding hydrogens is 376 g/mol. The highest BCUT2D eigenvalue weighted by Gasteiger charge is 2.34. The summed E-state index contributed by atoms with van der Waals surface area (Å²) in [7, 11) is 0. The highest BCUT2D eigenvalue weighted by molar-refractivity contribution is 6.31. The zero-order valence-electron chi connectivity index (χ0n) is 16.4. The average Bonchev–Trinajstić information content (AvgIpc) is 3.22. The first-order valence-corrected chi connectivity index (χ1v) is 9.79. The smallest absolute Gasteiger partial charge is 0.255 e. The predicted molar refractivity (Wildman–Crippen MR) is 110 cm³/mol. The first-order valence-electron chi connectivity index (χ1n) is 9.41. The fourth-order valence-corrected chi connectivity index (χ4v) is 4.06. The van der Waals surface area contributed by atoms with Gasteiger partial charge in [-0.15, -0.1) is 0 Å². The summed E-state index contributed by atoms with van der Waals surface area (Å²) in [5, 5.41) is 4.47. The Morgan fingerprint density at radius 1 is 1.29 bits per heavy atom. The van der Waals surface area contributed by atoms with Crippen molar-refractivity contribution in [2.45, 2.75) is 46.2 Å². The van der Waals surface area contributed by atoms with E-state index in [0.717, 1.165) is 41.3 Å². The van der Waals surface area contributed by atoms with Gasteiger partial charge >= 0.3 is 0 Å². The number of hydrogen-bond donors (Lipinski definition) is 1. The minimum atomic E-state index is -0.147. The molecule has 1 aliphatic heterocycles. The van der Waals surface area contributed by atoms with Crippen molar-refractivity contribution in [1.82, 2.24) is 15.3 Å². The maximum atomic E-state index is 12.9. The summed E-state index contributed by atoms with van der Waals surface area (Å²) < 4.78 is 5.50. The minimum absolute atomic E-state index is 0.0200. The van der Waals surface area contributed by atoms with Crippen molar-refractivity contribution in [3.8, 4) is 0 Å². The number of anilines is 1. The second-order valence-electron chi connectivity index (χ2n) is 7.40. The molecule has 7 heteroatoms. The van der Waals surface area contributed by atoms with Crippen molar-refractivity contribution in [3.63, 3.8) is 0 Å². The van der Waals surface area contributed by atoms with E-state index in [0.29, 0.717) is 16.2 Å². The zero-order valence-corrected chi connectivity index (χ0v) is 17.2. The summed E-state index contributed by atoms with van der Waals surface area (Å²) in [6, 6.07) is 5.43. The third-order valence-electron chi connectivity index (χ3n) is 5.60. The van der Waals surface area contributed by atoms with Gasteiger partial charge in [-0.3, -0.25) is 4.79 Å². The molecule has 0 aliphatic carbocycles. The van der Waals surface area contributed by atoms with Crippen LogP contribution in [-0.4, -0.2) is 34.5 Å². The van der Waals surface area contributed by atoms with Crippen LogP contribution in [0.15, 0.2) is 28.9 Å². The normalized spacial score (nSPS) is 19.4. The summed E-state index contributed by atoms with van der Waals surface area (Å²) in [6.45, 7) is 8.91. The van der Waals surface area contributed by atoms with Crippen LogP contribution in [0.4, 0.5) is 5.82 Å². The SMILES string of the molecule is Cc1nc(C)c(C)c(N2CCC(NC(=O)c3coc4ccc(Cl)cc34)C2C)n1. The lowest BCUT2D eigenvalue weighted by Crippen LogP contribution is -2.43. The number of amides is 1. The number of rotatable bonds is 3. The standard InChI is InChI=1S/C21H23ClN4O2/c1-11-12(2)23-14(4)24-20(11)26-8-7-18(13(26)3)25-21(27)17-10-28-19-6-5-15(22)9-16(17)19/h5-6,9-10,13,18H,7-8H2,1-4H3,(H,25,27). The molecule has 1 fully saturated rings. The molecule has 3 aromatic rings. The van der Waals surface area contributed by atoms with E-state index in [-0.39, 0.29) is 18.0 Å². The molecular formula is C21H23ClN4O2. The van der Waals surface area contributed by atoms with Crippen LogP contribution in [0.1, 0.15) is 40.8 Å². The van der Waals surface area contributed by atoms with Crippen molar-refractivity contribution < 1.29 is 9.21 Å². The Hall–Kier alpha value is -2.60. The number of carbonyl (C=O) groups is 1. The number of nitrogens with one attached hydrogen (secondary N) is 1. The molecule has 0 bridgehead atoms. The van der Waals surface area contributed by atoms with E-state index in [1.54, 1.807) is 18.2 Å². The topological polar surface area (TPSA) is 71.3 Å². The number of nitrogens with zero attached hydrogens (tertiary/aromatic N) is 3. The van der Waals surface area contributed by atoms with Crippen LogP contribution in [0.3, 0.4) is 0 Å². The van der Waals surface area contributed by atoms with Crippen molar-refractivity contribution in [3.05, 3.63) is 52.1 Å². The molecule has 2 unspecified atom stereocenters. The average molecular weight is 399 g/mol. The van der Waals surface area contributed by atoms with Gasteiger partial charge in [-0.2, -0.15) is 0 Å². The van der Waals surface area contributed by atoms with Crippen LogP contribution < -0.4 is 10.2 Å². The molecule has 6 nitrogen and oxygen atoms in total. The Kier molecular flexibility index (Phi) is 4.75. The lowest BCUT2D eigenvalue weighted by Gasteiger charge is -2.28. The molecule has 1 aliphatic rings. The molecule has 0 spiro atoms. The van der Waals surface area contributed by atoms with E-state index in [1.165, 1.54) is 6.26 Å². The third-order valence-corrected chi connectivity index (χ3v) is 5.83. The van der Waals surface area contributed by atoms with Gasteiger partial charge in [0.15, 0.2) is 0 Å². The van der Waals surface area contributed by atoms with Gasteiger partial charge in [0.1, 0.15) is 23.5 Å². The number of halogens is 1. The van der Waals surface area contributed by atoms with Crippen LogP contribution in [-0.2, 0) is 0 Å². The Morgan fingerprint density at radius 3 is 2.86 bits per heavy atom. The van der Waals surface area contributed by atoms with E-state index in [2.05, 4.69) is 27.1 Å². The summed E-state index contributed by atoms with van der Waals surface area (Å²) in [5.41, 5.74) is 3.23. The molecule has 146 valence electrons. The molecule has 3 heterocycles. The molecule has 2 atom stereocenters. The molecule has 28 heavy (non-hydrogen) atoms. The number of aromatic nitrogens is 2. The molecule has 1 aromatic carbocycles. The fourth-order valence-electron chi connectivity index (χ4n) is 3.89. The van der Waals surface area contributed by atoms with E-state index in [4.69, 9.17) is 16.0 Å². The number of hydrogen-bond acceptors (Lipinski definition) is 5. The Bertz CT molecular complexity index is 1060. The lowest BCUT2D eigenvalue weighted by molar-refractivity contribution is 0.0936. The molecule has 1 N–H and O–H groups in total. The lowest BCUT2D eigenvalue weighted by atomic mass is 10.1. The Balaban J connectivity index is 1.55. The second kappa shape index (κ2) is 7.09. The fraction of sp³-hybridized carbons (Fsp3) is 0.381. The number of furan rings is 1. The first kappa shape index (κ1) is 18.7. The molecule has 0 saturated carbocycles. The highest BCUT2D eigenvalue weighted by atomic mass is 35.5. The van der Waals surface area contributed by atoms with Crippen LogP contribution in [0.2, 0.25) is 5.02 Å². The molecule has 1 amide bonds. The monoisotopic (exact) mass is 398 g/mol. The molecule has 2 aromatic heterocycles. The summed E-state index contributed by atoms with van der Waals surface area (Å²) in [4.78, 5) is 24.2. The van der Waals surface area contributed by atoms with Crippen LogP contribution in [0.25, 0.3) is 11.0 Å². The molecule has 4 rings (SSSR count). The van der Waals surface area contributed by atoms with Crippen LogP contribution in [0, 0.1) is 20.8 Å². The summed E-state index contributed by atoms with van der Waals surface area (Å²) in [5.74, 6) is 1.57. The molecule has 0 radical (unpaired) electrons. The van der Waals surface area contributed by atoms with Crippen molar-refractivity contribution in [2.75, 3.05) is 11.4 Å². The predicted octanol–water partition coefficient (Wildman–Crippen LogP) is 4.20. The van der Waals surface area contributed by atoms with E-state index in [9.17, 15) is 4.79 Å². The van der Waals surface area contributed by atoms with Crippen molar-refractivity contribution in [2.24, 2.45) is 0 Å². The summed E-state index contributed by atoms with van der Waals surface area (Å²) in [6.07, 6.45) is 2.35.